The van der Waals surface area contributed by atoms with E-state index in [1.165, 1.54) is 12.5 Å². The fraction of sp³-hybridized carbons (Fsp3) is 0.316. The number of amides is 1. The minimum Gasteiger partial charge on any atom is -0.472 e. The van der Waals surface area contributed by atoms with Crippen molar-refractivity contribution in [1.82, 2.24) is 15.0 Å². The smallest absolute Gasteiger partial charge is 0.257 e. The highest BCUT2D eigenvalue weighted by atomic mass is 16.5. The zero-order chi connectivity index (χ0) is 17.8. The average molecular weight is 353 g/mol. The highest BCUT2D eigenvalue weighted by Crippen LogP contribution is 2.19. The van der Waals surface area contributed by atoms with Crippen molar-refractivity contribution in [3.63, 3.8) is 0 Å². The first-order chi connectivity index (χ1) is 12.8. The van der Waals surface area contributed by atoms with Crippen LogP contribution in [-0.4, -0.2) is 40.1 Å². The molecule has 0 spiro atoms. The van der Waals surface area contributed by atoms with Gasteiger partial charge in [-0.05, 0) is 18.9 Å². The van der Waals surface area contributed by atoms with Crippen molar-refractivity contribution in [3.8, 4) is 11.4 Å². The van der Waals surface area contributed by atoms with Crippen molar-refractivity contribution in [2.45, 2.75) is 25.6 Å². The van der Waals surface area contributed by atoms with Gasteiger partial charge in [-0.1, -0.05) is 35.5 Å². The van der Waals surface area contributed by atoms with E-state index in [0.29, 0.717) is 23.8 Å². The quantitative estimate of drug-likeness (QED) is 0.701. The average Bonchev–Trinajstić information content (AvgIpc) is 3.39. The Morgan fingerprint density at radius 2 is 2.15 bits per heavy atom. The van der Waals surface area contributed by atoms with Gasteiger partial charge < -0.3 is 18.6 Å². The van der Waals surface area contributed by atoms with Crippen LogP contribution in [0.15, 0.2) is 57.9 Å². The number of hydrogen-bond donors (Lipinski definition) is 0. The molecule has 1 unspecified atom stereocenters. The van der Waals surface area contributed by atoms with E-state index in [-0.39, 0.29) is 18.6 Å². The molecule has 1 fully saturated rings. The Bertz CT molecular complexity index is 845. The summed E-state index contributed by atoms with van der Waals surface area (Å²) in [6, 6.07) is 11.3. The van der Waals surface area contributed by atoms with E-state index in [1.807, 2.05) is 30.3 Å². The van der Waals surface area contributed by atoms with Gasteiger partial charge in [-0.2, -0.15) is 4.98 Å². The van der Waals surface area contributed by atoms with E-state index in [0.717, 1.165) is 24.9 Å². The van der Waals surface area contributed by atoms with E-state index in [4.69, 9.17) is 13.7 Å². The number of carbonyl (C=O) groups excluding carboxylic acids is 1. The monoisotopic (exact) mass is 353 g/mol. The molecule has 2 aromatic heterocycles. The Balaban J connectivity index is 1.33. The van der Waals surface area contributed by atoms with Gasteiger partial charge in [0, 0.05) is 18.7 Å². The van der Waals surface area contributed by atoms with Crippen LogP contribution in [0.2, 0.25) is 0 Å². The first kappa shape index (κ1) is 16.5. The molecule has 0 N–H and O–H groups in total. The van der Waals surface area contributed by atoms with Crippen molar-refractivity contribution < 1.29 is 18.5 Å². The topological polar surface area (TPSA) is 81.6 Å². The minimum absolute atomic E-state index is 0.0313. The van der Waals surface area contributed by atoms with Gasteiger partial charge in [0.2, 0.25) is 5.82 Å². The molecule has 3 heterocycles. The van der Waals surface area contributed by atoms with Crippen LogP contribution in [0.5, 0.6) is 0 Å². The highest BCUT2D eigenvalue weighted by Gasteiger charge is 2.26. The van der Waals surface area contributed by atoms with E-state index in [9.17, 15) is 4.79 Å². The second-order valence-electron chi connectivity index (χ2n) is 6.22. The lowest BCUT2D eigenvalue weighted by atomic mass is 10.1. The maximum atomic E-state index is 12.4. The molecule has 4 rings (SSSR count). The van der Waals surface area contributed by atoms with Crippen molar-refractivity contribution in [2.24, 2.45) is 0 Å². The summed E-state index contributed by atoms with van der Waals surface area (Å²) in [5.41, 5.74) is 1.46. The number of carbonyl (C=O) groups is 1. The summed E-state index contributed by atoms with van der Waals surface area (Å²) in [5.74, 6) is 0.947. The van der Waals surface area contributed by atoms with Crippen LogP contribution in [-0.2, 0) is 11.3 Å². The Hall–Kier alpha value is -2.93. The SMILES string of the molecule is O=C(c1ccoc1)N1CCCC(OCc2nc(-c3ccccc3)no2)C1. The van der Waals surface area contributed by atoms with Crippen molar-refractivity contribution in [3.05, 3.63) is 60.4 Å². The third-order valence-electron chi connectivity index (χ3n) is 4.38. The summed E-state index contributed by atoms with van der Waals surface area (Å²) in [7, 11) is 0. The molecular formula is C19H19N3O4. The van der Waals surface area contributed by atoms with Gasteiger partial charge in [-0.15, -0.1) is 0 Å². The summed E-state index contributed by atoms with van der Waals surface area (Å²) < 4.78 is 16.2. The fourth-order valence-electron chi connectivity index (χ4n) is 3.03. The molecule has 0 bridgehead atoms. The van der Waals surface area contributed by atoms with Crippen LogP contribution < -0.4 is 0 Å². The second kappa shape index (κ2) is 7.53. The second-order valence-corrected chi connectivity index (χ2v) is 6.22. The summed E-state index contributed by atoms with van der Waals surface area (Å²) in [4.78, 5) is 18.6. The molecule has 26 heavy (non-hydrogen) atoms. The van der Waals surface area contributed by atoms with Crippen molar-refractivity contribution in [2.75, 3.05) is 13.1 Å². The molecule has 7 heteroatoms. The van der Waals surface area contributed by atoms with Gasteiger partial charge in [-0.25, -0.2) is 0 Å². The number of ether oxygens (including phenoxy) is 1. The lowest BCUT2D eigenvalue weighted by Gasteiger charge is -2.32. The Morgan fingerprint density at radius 1 is 1.27 bits per heavy atom. The molecule has 0 aliphatic carbocycles. The lowest BCUT2D eigenvalue weighted by molar-refractivity contribution is -0.0153. The highest BCUT2D eigenvalue weighted by molar-refractivity contribution is 5.93. The molecule has 0 radical (unpaired) electrons. The molecule has 0 saturated carbocycles. The summed E-state index contributed by atoms with van der Waals surface area (Å²) in [5, 5.41) is 3.99. The van der Waals surface area contributed by atoms with Crippen molar-refractivity contribution >= 4 is 5.91 Å². The standard InChI is InChI=1S/C19H19N3O4/c23-19(15-8-10-24-12-15)22-9-4-7-16(11-22)25-13-17-20-18(21-26-17)14-5-2-1-3-6-14/h1-3,5-6,8,10,12,16H,4,7,9,11,13H2. The van der Waals surface area contributed by atoms with E-state index in [1.54, 1.807) is 11.0 Å². The molecule has 1 saturated heterocycles. The van der Waals surface area contributed by atoms with Gasteiger partial charge in [0.05, 0.1) is 17.9 Å². The first-order valence-corrected chi connectivity index (χ1v) is 8.60. The molecule has 3 aromatic rings. The molecule has 1 aliphatic heterocycles. The number of nitrogens with zero attached hydrogens (tertiary/aromatic N) is 3. The van der Waals surface area contributed by atoms with Gasteiger partial charge in [0.1, 0.15) is 12.9 Å². The summed E-state index contributed by atoms with van der Waals surface area (Å²) in [6.07, 6.45) is 4.72. The largest absolute Gasteiger partial charge is 0.472 e. The number of likely N-dealkylation sites (tertiary alicyclic amines) is 1. The fourth-order valence-corrected chi connectivity index (χ4v) is 3.03. The lowest BCUT2D eigenvalue weighted by Crippen LogP contribution is -2.43. The maximum Gasteiger partial charge on any atom is 0.257 e. The summed E-state index contributed by atoms with van der Waals surface area (Å²) >= 11 is 0. The third-order valence-corrected chi connectivity index (χ3v) is 4.38. The van der Waals surface area contributed by atoms with E-state index in [2.05, 4.69) is 10.1 Å². The van der Waals surface area contributed by atoms with Crippen LogP contribution >= 0.6 is 0 Å². The predicted octanol–water partition coefficient (Wildman–Crippen LogP) is 3.15. The number of furan rings is 1. The first-order valence-electron chi connectivity index (χ1n) is 8.60. The van der Waals surface area contributed by atoms with E-state index < -0.39 is 0 Å². The van der Waals surface area contributed by atoms with Gasteiger partial charge >= 0.3 is 0 Å². The van der Waals surface area contributed by atoms with Crippen LogP contribution in [0.1, 0.15) is 29.1 Å². The Kier molecular flexibility index (Phi) is 4.79. The predicted molar refractivity (Wildman–Crippen MR) is 92.2 cm³/mol. The third kappa shape index (κ3) is 3.67. The summed E-state index contributed by atoms with van der Waals surface area (Å²) in [6.45, 7) is 1.50. The zero-order valence-electron chi connectivity index (χ0n) is 14.2. The van der Waals surface area contributed by atoms with Crippen LogP contribution in [0, 0.1) is 0 Å². The number of aromatic nitrogens is 2. The van der Waals surface area contributed by atoms with Gasteiger partial charge in [0.15, 0.2) is 0 Å². The van der Waals surface area contributed by atoms with Gasteiger partial charge in [-0.3, -0.25) is 4.79 Å². The molecular weight excluding hydrogens is 334 g/mol. The van der Waals surface area contributed by atoms with Crippen LogP contribution in [0.25, 0.3) is 11.4 Å². The Morgan fingerprint density at radius 3 is 2.96 bits per heavy atom. The normalized spacial score (nSPS) is 17.4. The maximum absolute atomic E-state index is 12.4. The zero-order valence-corrected chi connectivity index (χ0v) is 14.2. The number of benzene rings is 1. The molecule has 7 nitrogen and oxygen atoms in total. The Labute approximate surface area is 150 Å². The number of hydrogen-bond acceptors (Lipinski definition) is 6. The molecule has 1 aromatic carbocycles. The van der Waals surface area contributed by atoms with Crippen LogP contribution in [0.3, 0.4) is 0 Å². The molecule has 1 amide bonds. The molecule has 1 aliphatic rings. The van der Waals surface area contributed by atoms with E-state index >= 15 is 0 Å². The van der Waals surface area contributed by atoms with Crippen molar-refractivity contribution in [1.29, 1.82) is 0 Å². The van der Waals surface area contributed by atoms with Gasteiger partial charge in [0.25, 0.3) is 11.8 Å². The molecule has 1 atom stereocenters. The number of piperidine rings is 1. The molecule has 134 valence electrons. The van der Waals surface area contributed by atoms with Crippen LogP contribution in [0.4, 0.5) is 0 Å². The minimum atomic E-state index is -0.0494. The number of rotatable bonds is 5.